The minimum atomic E-state index is -3.95. The lowest BCUT2D eigenvalue weighted by Gasteiger charge is -2.23. The van der Waals surface area contributed by atoms with E-state index in [2.05, 4.69) is 0 Å². The Labute approximate surface area is 196 Å². The summed E-state index contributed by atoms with van der Waals surface area (Å²) in [7, 11) is -3.95. The molecule has 0 spiro atoms. The lowest BCUT2D eigenvalue weighted by Crippen LogP contribution is -2.29. The molecule has 3 N–H and O–H groups in total. The van der Waals surface area contributed by atoms with Gasteiger partial charge in [-0.25, -0.2) is 13.6 Å². The first kappa shape index (κ1) is 23.3. The zero-order chi connectivity index (χ0) is 24.6. The summed E-state index contributed by atoms with van der Waals surface area (Å²) in [4.78, 5) is 27.2. The summed E-state index contributed by atoms with van der Waals surface area (Å²) < 4.78 is 34.4. The third-order valence-corrected chi connectivity index (χ3v) is 6.29. The van der Waals surface area contributed by atoms with E-state index >= 15 is 0 Å². The number of ether oxygens (including phenoxy) is 1. The van der Waals surface area contributed by atoms with Crippen LogP contribution in [-0.4, -0.2) is 31.8 Å². The fraction of sp³-hybridized carbons (Fsp3) is 0.167. The predicted octanol–water partition coefficient (Wildman–Crippen LogP) is 3.26. The summed E-state index contributed by atoms with van der Waals surface area (Å²) >= 11 is 0. The maximum atomic E-state index is 13.1. The highest BCUT2D eigenvalue weighted by atomic mass is 32.2. The molecule has 1 amide bonds. The highest BCUT2D eigenvalue weighted by molar-refractivity contribution is 7.89. The molecule has 0 aliphatic carbocycles. The van der Waals surface area contributed by atoms with E-state index < -0.39 is 27.8 Å². The van der Waals surface area contributed by atoms with Gasteiger partial charge in [0.25, 0.3) is 11.7 Å². The van der Waals surface area contributed by atoms with E-state index in [0.717, 1.165) is 4.90 Å². The van der Waals surface area contributed by atoms with Gasteiger partial charge in [-0.3, -0.25) is 14.5 Å². The van der Waals surface area contributed by atoms with Crippen LogP contribution in [0.4, 0.5) is 5.69 Å². The first-order chi connectivity index (χ1) is 16.1. The highest BCUT2D eigenvalue weighted by Crippen LogP contribution is 2.42. The van der Waals surface area contributed by atoms with Crippen molar-refractivity contribution in [3.63, 3.8) is 0 Å². The van der Waals surface area contributed by atoms with Gasteiger partial charge in [0.2, 0.25) is 10.0 Å². The molecule has 2 aromatic carbocycles. The van der Waals surface area contributed by atoms with E-state index in [1.807, 2.05) is 6.92 Å². The van der Waals surface area contributed by atoms with Crippen molar-refractivity contribution in [3.8, 4) is 5.75 Å². The Morgan fingerprint density at radius 2 is 1.71 bits per heavy atom. The van der Waals surface area contributed by atoms with E-state index in [1.165, 1.54) is 24.3 Å². The van der Waals surface area contributed by atoms with Gasteiger partial charge in [0.05, 0.1) is 17.1 Å². The lowest BCUT2D eigenvalue weighted by atomic mass is 9.99. The van der Waals surface area contributed by atoms with Crippen molar-refractivity contribution in [2.75, 3.05) is 11.5 Å². The van der Waals surface area contributed by atoms with Crippen LogP contribution in [-0.2, 0) is 19.6 Å². The minimum absolute atomic E-state index is 0.146. The molecule has 1 unspecified atom stereocenters. The van der Waals surface area contributed by atoms with Crippen molar-refractivity contribution >= 4 is 33.2 Å². The molecule has 1 saturated heterocycles. The molecule has 1 aromatic heterocycles. The molecule has 2 heterocycles. The van der Waals surface area contributed by atoms with Gasteiger partial charge < -0.3 is 14.3 Å². The molecule has 1 aliphatic rings. The van der Waals surface area contributed by atoms with Crippen LogP contribution in [0.2, 0.25) is 0 Å². The number of rotatable bonds is 6. The van der Waals surface area contributed by atoms with E-state index in [0.29, 0.717) is 23.7 Å². The van der Waals surface area contributed by atoms with E-state index in [-0.39, 0.29) is 27.7 Å². The molecule has 3 aromatic rings. The van der Waals surface area contributed by atoms with Crippen LogP contribution in [0.25, 0.3) is 5.76 Å². The molecule has 1 aliphatic heterocycles. The van der Waals surface area contributed by atoms with Gasteiger partial charge in [-0.1, -0.05) is 0 Å². The molecule has 9 nitrogen and oxygen atoms in total. The SMILES string of the molecule is CCOc1ccc(/C(O)=C2/C(=O)C(=O)N(c3ccc(S(N)(=O)=O)cc3)C2c2ccc(C)o2)cc1. The van der Waals surface area contributed by atoms with Crippen molar-refractivity contribution in [3.05, 3.63) is 83.3 Å². The molecule has 10 heteroatoms. The number of anilines is 1. The molecule has 0 bridgehead atoms. The van der Waals surface area contributed by atoms with Gasteiger partial charge in [0.15, 0.2) is 0 Å². The number of primary sulfonamides is 1. The summed E-state index contributed by atoms with van der Waals surface area (Å²) in [5.74, 6) is -0.765. The van der Waals surface area contributed by atoms with Crippen molar-refractivity contribution < 1.29 is 32.3 Å². The smallest absolute Gasteiger partial charge is 0.300 e. The fourth-order valence-electron chi connectivity index (χ4n) is 3.80. The Morgan fingerprint density at radius 1 is 1.06 bits per heavy atom. The van der Waals surface area contributed by atoms with Gasteiger partial charge in [-0.05, 0) is 74.5 Å². The largest absolute Gasteiger partial charge is 0.507 e. The third kappa shape index (κ3) is 4.20. The molecule has 1 atom stereocenters. The van der Waals surface area contributed by atoms with E-state index in [1.54, 1.807) is 43.3 Å². The molecular formula is C24H22N2O7S. The number of carbonyl (C=O) groups is 2. The maximum Gasteiger partial charge on any atom is 0.300 e. The summed E-state index contributed by atoms with van der Waals surface area (Å²) in [5, 5.41) is 16.2. The molecule has 4 rings (SSSR count). The van der Waals surface area contributed by atoms with Crippen LogP contribution >= 0.6 is 0 Å². The first-order valence-corrected chi connectivity index (χ1v) is 11.9. The molecular weight excluding hydrogens is 460 g/mol. The van der Waals surface area contributed by atoms with Gasteiger partial charge in [0, 0.05) is 11.3 Å². The van der Waals surface area contributed by atoms with E-state index in [9.17, 15) is 23.1 Å². The minimum Gasteiger partial charge on any atom is -0.507 e. The van der Waals surface area contributed by atoms with Crippen molar-refractivity contribution in [2.45, 2.75) is 24.8 Å². The quantitative estimate of drug-likeness (QED) is 0.312. The topological polar surface area (TPSA) is 140 Å². The molecule has 34 heavy (non-hydrogen) atoms. The Morgan fingerprint density at radius 3 is 2.24 bits per heavy atom. The van der Waals surface area contributed by atoms with Crippen molar-refractivity contribution in [1.82, 2.24) is 0 Å². The summed E-state index contributed by atoms with van der Waals surface area (Å²) in [5.41, 5.74) is 0.401. The number of furan rings is 1. The second-order valence-corrected chi connectivity index (χ2v) is 9.18. The lowest BCUT2D eigenvalue weighted by molar-refractivity contribution is -0.132. The zero-order valence-corrected chi connectivity index (χ0v) is 19.2. The Kier molecular flexibility index (Phi) is 6.03. The number of sulfonamides is 1. The molecule has 0 saturated carbocycles. The van der Waals surface area contributed by atoms with Crippen molar-refractivity contribution in [2.24, 2.45) is 5.14 Å². The monoisotopic (exact) mass is 482 g/mol. The van der Waals surface area contributed by atoms with Gasteiger partial charge in [-0.15, -0.1) is 0 Å². The number of hydrogen-bond donors (Lipinski definition) is 2. The number of carbonyl (C=O) groups excluding carboxylic acids is 2. The van der Waals surface area contributed by atoms with Crippen LogP contribution in [0, 0.1) is 6.92 Å². The number of ketones is 1. The van der Waals surface area contributed by atoms with Crippen LogP contribution in [0.1, 0.15) is 30.0 Å². The number of aliphatic hydroxyl groups is 1. The number of hydrogen-bond acceptors (Lipinski definition) is 7. The Balaban J connectivity index is 1.86. The van der Waals surface area contributed by atoms with Crippen LogP contribution < -0.4 is 14.8 Å². The summed E-state index contributed by atoms with van der Waals surface area (Å²) in [6.07, 6.45) is 0. The second kappa shape index (κ2) is 8.81. The molecule has 0 radical (unpaired) electrons. The van der Waals surface area contributed by atoms with Gasteiger partial charge in [-0.2, -0.15) is 0 Å². The maximum absolute atomic E-state index is 13.1. The normalized spacial score (nSPS) is 17.9. The first-order valence-electron chi connectivity index (χ1n) is 10.3. The number of benzene rings is 2. The van der Waals surface area contributed by atoms with Gasteiger partial charge in [0.1, 0.15) is 29.1 Å². The standard InChI is InChI=1S/C24H22N2O7S/c1-3-32-17-9-5-15(6-10-17)22(27)20-21(19-13-4-14(2)33-19)26(24(29)23(20)28)16-7-11-18(12-8-16)34(25,30)31/h4-13,21,27H,3H2,1-2H3,(H2,25,30,31)/b22-20-. The second-order valence-electron chi connectivity index (χ2n) is 7.61. The Bertz CT molecular complexity index is 1390. The number of nitrogens with two attached hydrogens (primary N) is 1. The zero-order valence-electron chi connectivity index (χ0n) is 18.4. The number of aryl methyl sites for hydroxylation is 1. The number of nitrogens with zero attached hydrogens (tertiary/aromatic N) is 1. The fourth-order valence-corrected chi connectivity index (χ4v) is 4.31. The number of aliphatic hydroxyl groups excluding tert-OH is 1. The summed E-state index contributed by atoms with van der Waals surface area (Å²) in [6, 6.07) is 13.9. The highest BCUT2D eigenvalue weighted by Gasteiger charge is 2.48. The predicted molar refractivity (Wildman–Crippen MR) is 124 cm³/mol. The third-order valence-electron chi connectivity index (χ3n) is 5.36. The van der Waals surface area contributed by atoms with E-state index in [4.69, 9.17) is 14.3 Å². The van der Waals surface area contributed by atoms with Crippen LogP contribution in [0.3, 0.4) is 0 Å². The van der Waals surface area contributed by atoms with Crippen LogP contribution in [0.15, 0.2) is 75.5 Å². The average molecular weight is 483 g/mol. The number of amides is 1. The Hall–Kier alpha value is -3.89. The molecule has 176 valence electrons. The van der Waals surface area contributed by atoms with Crippen LogP contribution in [0.5, 0.6) is 5.75 Å². The van der Waals surface area contributed by atoms with Crippen molar-refractivity contribution in [1.29, 1.82) is 0 Å². The number of Topliss-reactive ketones (excluding diaryl/α,β-unsaturated/α-hetero) is 1. The summed E-state index contributed by atoms with van der Waals surface area (Å²) in [6.45, 7) is 4.03. The molecule has 1 fully saturated rings. The average Bonchev–Trinajstić information content (AvgIpc) is 3.34. The van der Waals surface area contributed by atoms with Gasteiger partial charge >= 0.3 is 0 Å².